The van der Waals surface area contributed by atoms with Crippen LogP contribution in [-0.4, -0.2) is 48.8 Å². The summed E-state index contributed by atoms with van der Waals surface area (Å²) in [4.78, 5) is 2.25. The van der Waals surface area contributed by atoms with Crippen molar-refractivity contribution in [3.63, 3.8) is 0 Å². The summed E-state index contributed by atoms with van der Waals surface area (Å²) in [6, 6.07) is 0. The first-order valence-electron chi connectivity index (χ1n) is 5.78. The van der Waals surface area contributed by atoms with Gasteiger partial charge in [0.2, 0.25) is 0 Å². The van der Waals surface area contributed by atoms with Gasteiger partial charge in [-0.2, -0.15) is 0 Å². The van der Waals surface area contributed by atoms with Crippen LogP contribution in [0.5, 0.6) is 0 Å². The summed E-state index contributed by atoms with van der Waals surface area (Å²) in [6.45, 7) is 5.85. The minimum Gasteiger partial charge on any atom is -0.387 e. The zero-order chi connectivity index (χ0) is 10.4. The van der Waals surface area contributed by atoms with Gasteiger partial charge in [0.15, 0.2) is 0 Å². The molecule has 1 saturated heterocycles. The van der Waals surface area contributed by atoms with Crippen molar-refractivity contribution in [3.8, 4) is 0 Å². The van der Waals surface area contributed by atoms with E-state index in [4.69, 9.17) is 0 Å². The van der Waals surface area contributed by atoms with Crippen molar-refractivity contribution in [1.29, 1.82) is 0 Å². The molecule has 1 aliphatic rings. The maximum absolute atomic E-state index is 10.1. The van der Waals surface area contributed by atoms with Crippen LogP contribution in [0.4, 0.5) is 0 Å². The van der Waals surface area contributed by atoms with Crippen LogP contribution in [0.25, 0.3) is 0 Å². The van der Waals surface area contributed by atoms with Crippen molar-refractivity contribution in [2.24, 2.45) is 0 Å². The molecule has 0 saturated carbocycles. The summed E-state index contributed by atoms with van der Waals surface area (Å²) in [5, 5.41) is 13.3. The van der Waals surface area contributed by atoms with Crippen LogP contribution in [0.15, 0.2) is 0 Å². The molecule has 0 aromatic rings. The number of hydrogen-bond donors (Lipinski definition) is 2. The predicted molar refractivity (Wildman–Crippen MR) is 59.5 cm³/mol. The quantitative estimate of drug-likeness (QED) is 0.624. The highest BCUT2D eigenvalue weighted by Crippen LogP contribution is 2.15. The Morgan fingerprint density at radius 2 is 2.21 bits per heavy atom. The number of β-amino-alcohol motifs (C(OH)–C–C–N with tert-alkyl or cyclic N) is 1. The van der Waals surface area contributed by atoms with Gasteiger partial charge in [0.25, 0.3) is 0 Å². The number of likely N-dealkylation sites (N-methyl/N-ethyl adjacent to an activating group) is 1. The highest BCUT2D eigenvalue weighted by Gasteiger charge is 2.31. The Balaban J connectivity index is 2.15. The van der Waals surface area contributed by atoms with Crippen molar-refractivity contribution >= 4 is 0 Å². The summed E-state index contributed by atoms with van der Waals surface area (Å²) in [5.41, 5.74) is -0.471. The number of nitrogens with zero attached hydrogens (tertiary/aromatic N) is 1. The van der Waals surface area contributed by atoms with Crippen LogP contribution in [-0.2, 0) is 0 Å². The Kier molecular flexibility index (Phi) is 4.85. The molecule has 14 heavy (non-hydrogen) atoms. The Morgan fingerprint density at radius 1 is 1.43 bits per heavy atom. The monoisotopic (exact) mass is 200 g/mol. The number of nitrogens with one attached hydrogen (secondary N) is 1. The second kappa shape index (κ2) is 5.69. The lowest BCUT2D eigenvalue weighted by Crippen LogP contribution is -2.43. The lowest BCUT2D eigenvalue weighted by atomic mass is 10.0. The number of aliphatic hydroxyl groups is 1. The molecule has 84 valence electrons. The van der Waals surface area contributed by atoms with E-state index < -0.39 is 5.60 Å². The molecule has 1 atom stereocenters. The Bertz CT molecular complexity index is 155. The fourth-order valence-corrected chi connectivity index (χ4v) is 2.08. The van der Waals surface area contributed by atoms with Crippen LogP contribution < -0.4 is 5.32 Å². The molecule has 1 heterocycles. The van der Waals surface area contributed by atoms with E-state index in [1.807, 2.05) is 0 Å². The SMILES string of the molecule is CCCCCN(C)CC1(O)CCNC1. The molecule has 0 bridgehead atoms. The summed E-state index contributed by atoms with van der Waals surface area (Å²) in [6.07, 6.45) is 4.70. The molecule has 0 spiro atoms. The third kappa shape index (κ3) is 3.95. The molecule has 1 aliphatic heterocycles. The van der Waals surface area contributed by atoms with Gasteiger partial charge in [-0.1, -0.05) is 19.8 Å². The zero-order valence-electron chi connectivity index (χ0n) is 9.55. The normalized spacial score (nSPS) is 27.4. The van der Waals surface area contributed by atoms with Crippen LogP contribution in [0.2, 0.25) is 0 Å². The highest BCUT2D eigenvalue weighted by atomic mass is 16.3. The van der Waals surface area contributed by atoms with E-state index >= 15 is 0 Å². The first-order chi connectivity index (χ1) is 6.66. The largest absolute Gasteiger partial charge is 0.387 e. The molecule has 2 N–H and O–H groups in total. The van der Waals surface area contributed by atoms with Gasteiger partial charge in [0.05, 0.1) is 5.60 Å². The molecule has 0 aromatic heterocycles. The molecule has 0 radical (unpaired) electrons. The van der Waals surface area contributed by atoms with Gasteiger partial charge in [-0.15, -0.1) is 0 Å². The van der Waals surface area contributed by atoms with E-state index in [0.717, 1.165) is 32.6 Å². The maximum Gasteiger partial charge on any atom is 0.0909 e. The fourth-order valence-electron chi connectivity index (χ4n) is 2.08. The van der Waals surface area contributed by atoms with Crippen LogP contribution >= 0.6 is 0 Å². The standard InChI is InChI=1S/C11H24N2O/c1-3-4-5-8-13(2)10-11(14)6-7-12-9-11/h12,14H,3-10H2,1-2H3. The Morgan fingerprint density at radius 3 is 2.79 bits per heavy atom. The van der Waals surface area contributed by atoms with Crippen LogP contribution in [0.1, 0.15) is 32.6 Å². The Labute approximate surface area is 87.5 Å². The molecule has 0 aliphatic carbocycles. The first-order valence-corrected chi connectivity index (χ1v) is 5.78. The topological polar surface area (TPSA) is 35.5 Å². The average molecular weight is 200 g/mol. The Hall–Kier alpha value is -0.120. The molecule has 1 rings (SSSR count). The minimum atomic E-state index is -0.471. The lowest BCUT2D eigenvalue weighted by molar-refractivity contribution is 0.0280. The summed E-state index contributed by atoms with van der Waals surface area (Å²) >= 11 is 0. The molecule has 1 unspecified atom stereocenters. The van der Waals surface area contributed by atoms with Crippen molar-refractivity contribution in [2.75, 3.05) is 33.2 Å². The van der Waals surface area contributed by atoms with Crippen molar-refractivity contribution < 1.29 is 5.11 Å². The molecule has 3 nitrogen and oxygen atoms in total. The highest BCUT2D eigenvalue weighted by molar-refractivity contribution is 4.89. The van der Waals surface area contributed by atoms with E-state index in [1.165, 1.54) is 19.3 Å². The van der Waals surface area contributed by atoms with Crippen LogP contribution in [0.3, 0.4) is 0 Å². The first kappa shape index (κ1) is 12.0. The van der Waals surface area contributed by atoms with Gasteiger partial charge >= 0.3 is 0 Å². The molecule has 0 amide bonds. The number of hydrogen-bond acceptors (Lipinski definition) is 3. The second-order valence-electron chi connectivity index (χ2n) is 4.60. The van der Waals surface area contributed by atoms with E-state index in [2.05, 4.69) is 24.2 Å². The fraction of sp³-hybridized carbons (Fsp3) is 1.00. The zero-order valence-corrected chi connectivity index (χ0v) is 9.55. The molecular formula is C11H24N2O. The number of unbranched alkanes of at least 4 members (excludes halogenated alkanes) is 2. The lowest BCUT2D eigenvalue weighted by Gasteiger charge is -2.27. The van der Waals surface area contributed by atoms with Gasteiger partial charge in [-0.05, 0) is 33.0 Å². The van der Waals surface area contributed by atoms with E-state index in [9.17, 15) is 5.11 Å². The third-order valence-electron chi connectivity index (χ3n) is 2.93. The second-order valence-corrected chi connectivity index (χ2v) is 4.60. The molecular weight excluding hydrogens is 176 g/mol. The van der Waals surface area contributed by atoms with E-state index in [-0.39, 0.29) is 0 Å². The van der Waals surface area contributed by atoms with Gasteiger partial charge in [-0.3, -0.25) is 0 Å². The molecule has 1 fully saturated rings. The summed E-state index contributed by atoms with van der Waals surface area (Å²) in [7, 11) is 2.10. The summed E-state index contributed by atoms with van der Waals surface area (Å²) < 4.78 is 0. The van der Waals surface area contributed by atoms with Gasteiger partial charge < -0.3 is 15.3 Å². The molecule has 3 heteroatoms. The van der Waals surface area contributed by atoms with Gasteiger partial charge in [0, 0.05) is 13.1 Å². The molecule has 0 aromatic carbocycles. The third-order valence-corrected chi connectivity index (χ3v) is 2.93. The average Bonchev–Trinajstić information content (AvgIpc) is 2.52. The van der Waals surface area contributed by atoms with Crippen molar-refractivity contribution in [2.45, 2.75) is 38.2 Å². The maximum atomic E-state index is 10.1. The van der Waals surface area contributed by atoms with Crippen LogP contribution in [0, 0.1) is 0 Å². The van der Waals surface area contributed by atoms with Crippen molar-refractivity contribution in [3.05, 3.63) is 0 Å². The van der Waals surface area contributed by atoms with E-state index in [1.54, 1.807) is 0 Å². The predicted octanol–water partition coefficient (Wildman–Crippen LogP) is 0.833. The smallest absolute Gasteiger partial charge is 0.0909 e. The van der Waals surface area contributed by atoms with Gasteiger partial charge in [0.1, 0.15) is 0 Å². The van der Waals surface area contributed by atoms with E-state index in [0.29, 0.717) is 0 Å². The number of rotatable bonds is 6. The summed E-state index contributed by atoms with van der Waals surface area (Å²) in [5.74, 6) is 0. The van der Waals surface area contributed by atoms with Crippen molar-refractivity contribution in [1.82, 2.24) is 10.2 Å². The minimum absolute atomic E-state index is 0.471. The van der Waals surface area contributed by atoms with Gasteiger partial charge in [-0.25, -0.2) is 0 Å².